The molecule has 6 heteroatoms. The average molecular weight is 281 g/mol. The van der Waals surface area contributed by atoms with Gasteiger partial charge in [-0.2, -0.15) is 0 Å². The minimum Gasteiger partial charge on any atom is -0.449 e. The quantitative estimate of drug-likeness (QED) is 0.792. The van der Waals surface area contributed by atoms with E-state index in [9.17, 15) is 10.1 Å². The van der Waals surface area contributed by atoms with Crippen LogP contribution >= 0.6 is 0 Å². The van der Waals surface area contributed by atoms with Crippen molar-refractivity contribution in [3.63, 3.8) is 0 Å². The first-order chi connectivity index (χ1) is 9.21. The van der Waals surface area contributed by atoms with Crippen molar-refractivity contribution >= 4 is 18.7 Å². The molecule has 0 aromatic carbocycles. The van der Waals surface area contributed by atoms with Crippen LogP contribution in [0, 0.1) is 0 Å². The molecule has 1 saturated heterocycles. The summed E-state index contributed by atoms with van der Waals surface area (Å²) in [5.41, 5.74) is -1.60. The second-order valence-electron chi connectivity index (χ2n) is 6.41. The van der Waals surface area contributed by atoms with E-state index in [1.54, 1.807) is 33.8 Å². The summed E-state index contributed by atoms with van der Waals surface area (Å²) in [6.45, 7) is 8.74. The lowest BCUT2D eigenvalue weighted by atomic mass is 9.81. The van der Waals surface area contributed by atoms with Crippen LogP contribution in [0.3, 0.4) is 0 Å². The van der Waals surface area contributed by atoms with Gasteiger partial charge in [-0.05, 0) is 46.6 Å². The summed E-state index contributed by atoms with van der Waals surface area (Å²) in [6, 6.07) is 3.57. The molecule has 0 spiro atoms. The molecule has 1 aromatic heterocycles. The Labute approximate surface area is 120 Å². The number of hydrogen-bond acceptors (Lipinski definition) is 5. The Morgan fingerprint density at radius 2 is 1.80 bits per heavy atom. The zero-order valence-electron chi connectivity index (χ0n) is 12.7. The number of anilines is 1. The van der Waals surface area contributed by atoms with Crippen LogP contribution in [-0.2, 0) is 4.65 Å². The summed E-state index contributed by atoms with van der Waals surface area (Å²) in [4.78, 5) is 2.15. The summed E-state index contributed by atoms with van der Waals surface area (Å²) in [5, 5.41) is 20.2. The molecule has 2 rings (SSSR count). The van der Waals surface area contributed by atoms with Crippen LogP contribution in [0.4, 0.5) is 5.88 Å². The fourth-order valence-electron chi connectivity index (χ4n) is 2.06. The van der Waals surface area contributed by atoms with Gasteiger partial charge in [-0.1, -0.05) is 0 Å². The fraction of sp³-hybridized carbons (Fsp3) is 0.714. The molecule has 0 amide bonds. The Morgan fingerprint density at radius 1 is 1.20 bits per heavy atom. The normalized spacial score (nSPS) is 16.8. The maximum absolute atomic E-state index is 10.1. The van der Waals surface area contributed by atoms with Gasteiger partial charge in [-0.25, -0.2) is 0 Å². The highest BCUT2D eigenvalue weighted by molar-refractivity contribution is 6.58. The molecule has 1 aromatic rings. The van der Waals surface area contributed by atoms with E-state index in [4.69, 9.17) is 9.07 Å². The number of furan rings is 1. The third-order valence-corrected chi connectivity index (χ3v) is 4.15. The van der Waals surface area contributed by atoms with E-state index in [0.717, 1.165) is 19.0 Å². The highest BCUT2D eigenvalue weighted by Gasteiger charge is 2.40. The monoisotopic (exact) mass is 281 g/mol. The van der Waals surface area contributed by atoms with Gasteiger partial charge in [-0.15, -0.1) is 0 Å². The lowest BCUT2D eigenvalue weighted by molar-refractivity contribution is -0.0986. The van der Waals surface area contributed by atoms with Crippen molar-refractivity contribution in [2.45, 2.75) is 51.7 Å². The predicted molar refractivity (Wildman–Crippen MR) is 79.2 cm³/mol. The van der Waals surface area contributed by atoms with Gasteiger partial charge in [0.1, 0.15) is 5.66 Å². The molecule has 5 nitrogen and oxygen atoms in total. The van der Waals surface area contributed by atoms with E-state index in [1.807, 2.05) is 6.07 Å². The Bertz CT molecular complexity index is 446. The second-order valence-corrected chi connectivity index (χ2v) is 6.41. The maximum Gasteiger partial charge on any atom is 0.529 e. The number of nitrogens with zero attached hydrogens (tertiary/aromatic N) is 1. The molecule has 0 atom stereocenters. The lowest BCUT2D eigenvalue weighted by Gasteiger charge is -2.38. The third-order valence-electron chi connectivity index (χ3n) is 4.15. The highest BCUT2D eigenvalue weighted by Crippen LogP contribution is 2.26. The molecule has 1 fully saturated rings. The molecule has 0 saturated carbocycles. The van der Waals surface area contributed by atoms with Crippen molar-refractivity contribution < 1.29 is 19.2 Å². The van der Waals surface area contributed by atoms with Crippen LogP contribution in [0.15, 0.2) is 16.5 Å². The zero-order valence-corrected chi connectivity index (χ0v) is 12.7. The Morgan fingerprint density at radius 3 is 2.35 bits per heavy atom. The summed E-state index contributed by atoms with van der Waals surface area (Å²) in [7, 11) is -1.19. The van der Waals surface area contributed by atoms with Crippen molar-refractivity contribution in [3.8, 4) is 0 Å². The van der Waals surface area contributed by atoms with Crippen LogP contribution < -0.4 is 10.6 Å². The Hall–Kier alpha value is -0.975. The summed E-state index contributed by atoms with van der Waals surface area (Å²) < 4.78 is 11.2. The van der Waals surface area contributed by atoms with Crippen LogP contribution in [0.1, 0.15) is 40.5 Å². The zero-order chi connectivity index (χ0) is 15.0. The van der Waals surface area contributed by atoms with Gasteiger partial charge in [0.05, 0.1) is 11.2 Å². The molecular weight excluding hydrogens is 257 g/mol. The smallest absolute Gasteiger partial charge is 0.449 e. The van der Waals surface area contributed by atoms with E-state index >= 15 is 0 Å². The molecule has 0 bridgehead atoms. The number of hydrogen-bond donors (Lipinski definition) is 2. The summed E-state index contributed by atoms with van der Waals surface area (Å²) in [5.74, 6) is 0.765. The molecule has 0 aliphatic carbocycles. The molecule has 1 aliphatic rings. The molecule has 1 aliphatic heterocycles. The molecular formula is C14H24BNO4. The Kier molecular flexibility index (Phi) is 4.18. The first-order valence-electron chi connectivity index (χ1n) is 7.14. The first kappa shape index (κ1) is 15.4. The van der Waals surface area contributed by atoms with Gasteiger partial charge in [0.25, 0.3) is 0 Å². The van der Waals surface area contributed by atoms with Gasteiger partial charge in [-0.3, -0.25) is 0 Å². The van der Waals surface area contributed by atoms with Crippen molar-refractivity contribution in [1.29, 1.82) is 0 Å². The van der Waals surface area contributed by atoms with Crippen LogP contribution in [0.5, 0.6) is 0 Å². The molecule has 112 valence electrons. The number of rotatable bonds is 5. The van der Waals surface area contributed by atoms with Crippen LogP contribution in [0.25, 0.3) is 0 Å². The largest absolute Gasteiger partial charge is 0.529 e. The maximum atomic E-state index is 10.1. The molecule has 0 radical (unpaired) electrons. The third kappa shape index (κ3) is 3.19. The molecule has 20 heavy (non-hydrogen) atoms. The first-order valence-corrected chi connectivity index (χ1v) is 7.14. The highest BCUT2D eigenvalue weighted by atomic mass is 16.6. The fourth-order valence-corrected chi connectivity index (χ4v) is 2.06. The Balaban J connectivity index is 2.04. The topological polar surface area (TPSA) is 66.1 Å². The SMILES string of the molecule is CC(C)(O)C(C)(C)OB(O)c1ccc(N2CCCC2)o1. The predicted octanol–water partition coefficient (Wildman–Crippen LogP) is 1.13. The average Bonchev–Trinajstić information content (AvgIpc) is 2.98. The summed E-state index contributed by atoms with van der Waals surface area (Å²) in [6.07, 6.45) is 2.33. The molecule has 2 N–H and O–H groups in total. The van der Waals surface area contributed by atoms with Crippen molar-refractivity contribution in [3.05, 3.63) is 12.1 Å². The van der Waals surface area contributed by atoms with Crippen molar-refractivity contribution in [2.75, 3.05) is 18.0 Å². The van der Waals surface area contributed by atoms with Gasteiger partial charge in [0, 0.05) is 19.2 Å². The van der Waals surface area contributed by atoms with Crippen molar-refractivity contribution in [1.82, 2.24) is 0 Å². The molecule has 0 unspecified atom stereocenters. The molecule has 2 heterocycles. The van der Waals surface area contributed by atoms with Gasteiger partial charge in [0.15, 0.2) is 5.88 Å². The minimum atomic E-state index is -1.19. The summed E-state index contributed by atoms with van der Waals surface area (Å²) >= 11 is 0. The van der Waals surface area contributed by atoms with Gasteiger partial charge in [0.2, 0.25) is 0 Å². The van der Waals surface area contributed by atoms with Gasteiger partial charge >= 0.3 is 7.12 Å². The minimum absolute atomic E-state index is 0.365. The lowest BCUT2D eigenvalue weighted by Crippen LogP contribution is -2.52. The van der Waals surface area contributed by atoms with Gasteiger partial charge < -0.3 is 24.1 Å². The number of aliphatic hydroxyl groups is 1. The standard InChI is InChI=1S/C14H24BNO4/c1-13(2,17)14(3,4)20-15(18)11-7-8-12(19-11)16-9-5-6-10-16/h7-8,17-18H,5-6,9-10H2,1-4H3. The van der Waals surface area contributed by atoms with Crippen LogP contribution in [0.2, 0.25) is 0 Å². The van der Waals surface area contributed by atoms with E-state index in [2.05, 4.69) is 4.90 Å². The van der Waals surface area contributed by atoms with E-state index < -0.39 is 18.3 Å². The van der Waals surface area contributed by atoms with Crippen LogP contribution in [-0.4, -0.2) is 41.5 Å². The second kappa shape index (κ2) is 5.43. The van der Waals surface area contributed by atoms with E-state index in [1.165, 1.54) is 12.8 Å². The van der Waals surface area contributed by atoms with E-state index in [-0.39, 0.29) is 0 Å². The van der Waals surface area contributed by atoms with Crippen molar-refractivity contribution in [2.24, 2.45) is 0 Å². The van der Waals surface area contributed by atoms with E-state index in [0.29, 0.717) is 5.66 Å².